The van der Waals surface area contributed by atoms with E-state index in [4.69, 9.17) is 0 Å². The van der Waals surface area contributed by atoms with Gasteiger partial charge in [-0.25, -0.2) is 4.79 Å². The summed E-state index contributed by atoms with van der Waals surface area (Å²) in [6.07, 6.45) is -0.258. The molecule has 0 aromatic carbocycles. The van der Waals surface area contributed by atoms with Crippen LogP contribution >= 0.6 is 0 Å². The first-order chi connectivity index (χ1) is 7.06. The monoisotopic (exact) mass is 207 g/mol. The number of carbonyl (C=O) groups is 3. The van der Waals surface area contributed by atoms with E-state index >= 15 is 0 Å². The molecule has 5 heteroatoms. The van der Waals surface area contributed by atoms with Crippen LogP contribution in [-0.4, -0.2) is 22.8 Å². The van der Waals surface area contributed by atoms with Crippen molar-refractivity contribution in [1.29, 1.82) is 0 Å². The van der Waals surface area contributed by atoms with E-state index in [9.17, 15) is 14.4 Å². The molecule has 0 aromatic heterocycles. The number of hydroxylamine groups is 2. The van der Waals surface area contributed by atoms with E-state index < -0.39 is 17.8 Å². The Labute approximate surface area is 86.6 Å². The van der Waals surface area contributed by atoms with E-state index in [2.05, 4.69) is 23.3 Å². The van der Waals surface area contributed by atoms with Crippen molar-refractivity contribution in [3.63, 3.8) is 0 Å². The van der Waals surface area contributed by atoms with Crippen LogP contribution in [0.3, 0.4) is 0 Å². The molecular weight excluding hydrogens is 198 g/mol. The van der Waals surface area contributed by atoms with Gasteiger partial charge in [0.2, 0.25) is 0 Å². The summed E-state index contributed by atoms with van der Waals surface area (Å²) in [6, 6.07) is 0. The van der Waals surface area contributed by atoms with Crippen molar-refractivity contribution >= 4 is 17.8 Å². The minimum absolute atomic E-state index is 0.106. The predicted molar refractivity (Wildman–Crippen MR) is 49.8 cm³/mol. The third-order valence-electron chi connectivity index (χ3n) is 1.68. The SMILES string of the molecule is C=C1CC(=O)N(OC(=O)CC#CC)C1=O. The molecular formula is C10H9NO4. The van der Waals surface area contributed by atoms with Gasteiger partial charge in [-0.1, -0.05) is 17.6 Å². The second-order valence-electron chi connectivity index (χ2n) is 2.84. The lowest BCUT2D eigenvalue weighted by atomic mass is 10.3. The average molecular weight is 207 g/mol. The van der Waals surface area contributed by atoms with Gasteiger partial charge in [0.1, 0.15) is 6.42 Å². The molecule has 1 fully saturated rings. The molecule has 5 nitrogen and oxygen atoms in total. The Morgan fingerprint density at radius 3 is 2.73 bits per heavy atom. The normalized spacial score (nSPS) is 15.0. The summed E-state index contributed by atoms with van der Waals surface area (Å²) in [5.74, 6) is 2.98. The van der Waals surface area contributed by atoms with Gasteiger partial charge in [0.15, 0.2) is 0 Å². The van der Waals surface area contributed by atoms with Gasteiger partial charge in [0.05, 0.1) is 6.42 Å². The molecule has 0 radical (unpaired) electrons. The molecule has 1 saturated heterocycles. The quantitative estimate of drug-likeness (QED) is 0.368. The lowest BCUT2D eigenvalue weighted by Crippen LogP contribution is -2.32. The van der Waals surface area contributed by atoms with Gasteiger partial charge in [-0.15, -0.1) is 5.92 Å². The Balaban J connectivity index is 2.61. The minimum Gasteiger partial charge on any atom is -0.329 e. The van der Waals surface area contributed by atoms with Gasteiger partial charge in [-0.3, -0.25) is 9.59 Å². The van der Waals surface area contributed by atoms with E-state index in [1.165, 1.54) is 0 Å². The zero-order chi connectivity index (χ0) is 11.4. The fourth-order valence-electron chi connectivity index (χ4n) is 0.974. The van der Waals surface area contributed by atoms with E-state index in [0.29, 0.717) is 5.06 Å². The van der Waals surface area contributed by atoms with Crippen LogP contribution in [0.15, 0.2) is 12.2 Å². The van der Waals surface area contributed by atoms with Crippen molar-refractivity contribution in [2.24, 2.45) is 0 Å². The zero-order valence-electron chi connectivity index (χ0n) is 8.20. The van der Waals surface area contributed by atoms with Crippen molar-refractivity contribution in [3.05, 3.63) is 12.2 Å². The smallest absolute Gasteiger partial charge is 0.329 e. The van der Waals surface area contributed by atoms with E-state index in [1.54, 1.807) is 6.92 Å². The van der Waals surface area contributed by atoms with E-state index in [-0.39, 0.29) is 18.4 Å². The van der Waals surface area contributed by atoms with Crippen molar-refractivity contribution < 1.29 is 19.2 Å². The first-order valence-corrected chi connectivity index (χ1v) is 4.21. The van der Waals surface area contributed by atoms with Gasteiger partial charge in [0.25, 0.3) is 11.8 Å². The molecule has 0 saturated carbocycles. The topological polar surface area (TPSA) is 63.7 Å². The van der Waals surface area contributed by atoms with Gasteiger partial charge < -0.3 is 4.84 Å². The molecule has 1 aliphatic heterocycles. The summed E-state index contributed by atoms with van der Waals surface area (Å²) in [5, 5.41) is 0.433. The largest absolute Gasteiger partial charge is 0.345 e. The fourth-order valence-corrected chi connectivity index (χ4v) is 0.974. The summed E-state index contributed by atoms with van der Waals surface area (Å²) >= 11 is 0. The van der Waals surface area contributed by atoms with E-state index in [1.807, 2.05) is 0 Å². The Morgan fingerprint density at radius 1 is 1.60 bits per heavy atom. The second kappa shape index (κ2) is 4.42. The maximum absolute atomic E-state index is 11.2. The number of nitrogens with zero attached hydrogens (tertiary/aromatic N) is 1. The number of rotatable bonds is 2. The Kier molecular flexibility index (Phi) is 3.24. The van der Waals surface area contributed by atoms with E-state index in [0.717, 1.165) is 0 Å². The number of amides is 2. The molecule has 1 rings (SSSR count). The van der Waals surface area contributed by atoms with Crippen LogP contribution in [0.2, 0.25) is 0 Å². The number of hydrogen-bond donors (Lipinski definition) is 0. The standard InChI is InChI=1S/C10H9NO4/c1-3-4-5-9(13)15-11-8(12)6-7(2)10(11)14/h2,5-6H2,1H3. The second-order valence-corrected chi connectivity index (χ2v) is 2.84. The molecule has 0 aliphatic carbocycles. The highest BCUT2D eigenvalue weighted by atomic mass is 16.7. The van der Waals surface area contributed by atoms with Gasteiger partial charge in [-0.2, -0.15) is 0 Å². The van der Waals surface area contributed by atoms with Gasteiger partial charge in [0, 0.05) is 5.57 Å². The third kappa shape index (κ3) is 2.44. The fraction of sp³-hybridized carbons (Fsp3) is 0.300. The van der Waals surface area contributed by atoms with Crippen LogP contribution in [0.25, 0.3) is 0 Å². The maximum atomic E-state index is 11.2. The first-order valence-electron chi connectivity index (χ1n) is 4.21. The van der Waals surface area contributed by atoms with Crippen molar-refractivity contribution in [2.45, 2.75) is 19.8 Å². The highest BCUT2D eigenvalue weighted by Crippen LogP contribution is 2.17. The Bertz CT molecular complexity index is 399. The highest BCUT2D eigenvalue weighted by molar-refractivity contribution is 6.12. The van der Waals surface area contributed by atoms with Crippen molar-refractivity contribution in [2.75, 3.05) is 0 Å². The zero-order valence-corrected chi connectivity index (χ0v) is 8.20. The first kappa shape index (κ1) is 11.0. The highest BCUT2D eigenvalue weighted by Gasteiger charge is 2.35. The molecule has 78 valence electrons. The number of carbonyl (C=O) groups excluding carboxylic acids is 3. The molecule has 0 atom stereocenters. The summed E-state index contributed by atoms with van der Waals surface area (Å²) in [4.78, 5) is 37.9. The molecule has 0 aromatic rings. The lowest BCUT2D eigenvalue weighted by Gasteiger charge is -2.10. The van der Waals surface area contributed by atoms with Crippen LogP contribution < -0.4 is 0 Å². The van der Waals surface area contributed by atoms with Gasteiger partial charge in [-0.05, 0) is 6.92 Å². The van der Waals surface area contributed by atoms with Gasteiger partial charge >= 0.3 is 5.97 Å². The molecule has 0 unspecified atom stereocenters. The lowest BCUT2D eigenvalue weighted by molar-refractivity contribution is -0.196. The molecule has 15 heavy (non-hydrogen) atoms. The van der Waals surface area contributed by atoms with Crippen LogP contribution in [0, 0.1) is 11.8 Å². The van der Waals surface area contributed by atoms with Crippen molar-refractivity contribution in [1.82, 2.24) is 5.06 Å². The molecule has 0 N–H and O–H groups in total. The summed E-state index contributed by atoms with van der Waals surface area (Å²) in [6.45, 7) is 4.94. The Morgan fingerprint density at radius 2 is 2.27 bits per heavy atom. The third-order valence-corrected chi connectivity index (χ3v) is 1.68. The number of imide groups is 1. The van der Waals surface area contributed by atoms with Crippen LogP contribution in [-0.2, 0) is 19.2 Å². The summed E-state index contributed by atoms with van der Waals surface area (Å²) < 4.78 is 0. The summed E-state index contributed by atoms with van der Waals surface area (Å²) in [7, 11) is 0. The molecule has 2 amide bonds. The van der Waals surface area contributed by atoms with Crippen molar-refractivity contribution in [3.8, 4) is 11.8 Å². The molecule has 0 bridgehead atoms. The molecule has 0 spiro atoms. The maximum Gasteiger partial charge on any atom is 0.345 e. The summed E-state index contributed by atoms with van der Waals surface area (Å²) in [5.41, 5.74) is 0.120. The van der Waals surface area contributed by atoms with Crippen LogP contribution in [0.5, 0.6) is 0 Å². The Hall–Kier alpha value is -2.09. The van der Waals surface area contributed by atoms with Crippen LogP contribution in [0.1, 0.15) is 19.8 Å². The molecule has 1 heterocycles. The predicted octanol–water partition coefficient (Wildman–Crippen LogP) is 0.173. The average Bonchev–Trinajstić information content (AvgIpc) is 2.42. The minimum atomic E-state index is -0.735. The number of hydrogen-bond acceptors (Lipinski definition) is 4. The molecule has 1 aliphatic rings. The van der Waals surface area contributed by atoms with Crippen LogP contribution in [0.4, 0.5) is 0 Å².